The van der Waals surface area contributed by atoms with Gasteiger partial charge in [0.25, 0.3) is 0 Å². The molecule has 35 heavy (non-hydrogen) atoms. The Hall–Kier alpha value is -3.56. The van der Waals surface area contributed by atoms with E-state index >= 15 is 0 Å². The van der Waals surface area contributed by atoms with E-state index in [2.05, 4.69) is 66.0 Å². The van der Waals surface area contributed by atoms with Gasteiger partial charge in [-0.25, -0.2) is 8.78 Å². The van der Waals surface area contributed by atoms with Crippen molar-refractivity contribution in [3.63, 3.8) is 0 Å². The number of aliphatic imine (C=N–C) groups is 1. The lowest BCUT2D eigenvalue weighted by atomic mass is 9.81. The van der Waals surface area contributed by atoms with Crippen molar-refractivity contribution in [2.24, 2.45) is 10.9 Å². The van der Waals surface area contributed by atoms with Crippen LogP contribution in [0, 0.1) is 48.2 Å². The second-order valence-corrected chi connectivity index (χ2v) is 9.08. The fraction of sp³-hybridized carbons (Fsp3) is 0.258. The van der Waals surface area contributed by atoms with E-state index in [1.54, 1.807) is 0 Å². The highest BCUT2D eigenvalue weighted by atomic mass is 32.1. The molecule has 0 N–H and O–H groups in total. The van der Waals surface area contributed by atoms with Crippen LogP contribution in [-0.4, -0.2) is 5.16 Å². The Morgan fingerprint density at radius 3 is 2.26 bits per heavy atom. The van der Waals surface area contributed by atoms with Crippen molar-refractivity contribution in [2.45, 2.75) is 46.0 Å². The molecule has 1 nitrogen and oxygen atoms in total. The molecular weight excluding hydrogens is 456 g/mol. The summed E-state index contributed by atoms with van der Waals surface area (Å²) in [7, 11) is 0. The number of isothiocyanates is 1. The van der Waals surface area contributed by atoms with Gasteiger partial charge in [-0.2, -0.15) is 4.99 Å². The van der Waals surface area contributed by atoms with E-state index < -0.39 is 17.3 Å². The minimum Gasteiger partial charge on any atom is -0.204 e. The van der Waals surface area contributed by atoms with Crippen molar-refractivity contribution in [2.75, 3.05) is 0 Å². The molecular formula is C31H25F2NS. The van der Waals surface area contributed by atoms with Gasteiger partial charge in [0.2, 0.25) is 0 Å². The van der Waals surface area contributed by atoms with Crippen molar-refractivity contribution in [3.05, 3.63) is 99.1 Å². The molecule has 4 rings (SSSR count). The van der Waals surface area contributed by atoms with Crippen molar-refractivity contribution in [1.82, 2.24) is 0 Å². The Labute approximate surface area is 211 Å². The zero-order valence-electron chi connectivity index (χ0n) is 19.8. The summed E-state index contributed by atoms with van der Waals surface area (Å²) in [6.45, 7) is 4.20. The van der Waals surface area contributed by atoms with Crippen LogP contribution in [0.25, 0.3) is 0 Å². The lowest BCUT2D eigenvalue weighted by molar-refractivity contribution is 0.423. The Bertz CT molecular complexity index is 1420. The highest BCUT2D eigenvalue weighted by Crippen LogP contribution is 2.29. The molecule has 0 heterocycles. The maximum Gasteiger partial charge on any atom is 0.153 e. The number of hydrogen-bond acceptors (Lipinski definition) is 2. The van der Waals surface area contributed by atoms with Crippen LogP contribution < -0.4 is 0 Å². The van der Waals surface area contributed by atoms with E-state index in [9.17, 15) is 8.78 Å². The molecule has 0 aliphatic heterocycles. The third kappa shape index (κ3) is 6.12. The molecule has 1 aliphatic carbocycles. The van der Waals surface area contributed by atoms with Gasteiger partial charge in [-0.15, -0.1) is 0 Å². The first-order chi connectivity index (χ1) is 17.0. The van der Waals surface area contributed by atoms with Gasteiger partial charge in [0.1, 0.15) is 5.69 Å². The molecule has 0 amide bonds. The number of benzene rings is 3. The molecule has 0 spiro atoms. The number of nitrogens with zero attached hydrogens (tertiary/aromatic N) is 1. The highest BCUT2D eigenvalue weighted by molar-refractivity contribution is 7.78. The second kappa shape index (κ2) is 11.2. The predicted octanol–water partition coefficient (Wildman–Crippen LogP) is 7.71. The Kier molecular flexibility index (Phi) is 7.89. The number of thiocarbonyl (C=S) groups is 1. The van der Waals surface area contributed by atoms with E-state index in [0.29, 0.717) is 0 Å². The summed E-state index contributed by atoms with van der Waals surface area (Å²) in [5.41, 5.74) is 6.32. The summed E-state index contributed by atoms with van der Waals surface area (Å²) in [5, 5.41) is 1.98. The Balaban J connectivity index is 1.50. The summed E-state index contributed by atoms with van der Waals surface area (Å²) in [5.74, 6) is 11.5. The fourth-order valence-corrected chi connectivity index (χ4v) is 4.61. The monoisotopic (exact) mass is 481 g/mol. The minimum atomic E-state index is -0.822. The summed E-state index contributed by atoms with van der Waals surface area (Å²) in [4.78, 5) is 3.41. The van der Waals surface area contributed by atoms with Crippen LogP contribution >= 0.6 is 12.2 Å². The minimum absolute atomic E-state index is 0.222. The van der Waals surface area contributed by atoms with Crippen LogP contribution in [0.3, 0.4) is 0 Å². The third-order valence-corrected chi connectivity index (χ3v) is 6.42. The third-order valence-electron chi connectivity index (χ3n) is 6.33. The zero-order chi connectivity index (χ0) is 24.8. The molecule has 0 fully saturated rings. The molecule has 1 aliphatic rings. The van der Waals surface area contributed by atoms with E-state index in [1.165, 1.54) is 36.8 Å². The predicted molar refractivity (Wildman–Crippen MR) is 141 cm³/mol. The van der Waals surface area contributed by atoms with Crippen LogP contribution in [0.5, 0.6) is 0 Å². The molecule has 0 radical (unpaired) electrons. The van der Waals surface area contributed by atoms with Crippen molar-refractivity contribution in [3.8, 4) is 23.7 Å². The summed E-state index contributed by atoms with van der Waals surface area (Å²) in [6.07, 6.45) is 6.15. The van der Waals surface area contributed by atoms with Crippen molar-refractivity contribution < 1.29 is 8.78 Å². The van der Waals surface area contributed by atoms with Crippen LogP contribution in [0.15, 0.2) is 53.5 Å². The second-order valence-electron chi connectivity index (χ2n) is 8.90. The number of aryl methyl sites for hydroxylation is 2. The quantitative estimate of drug-likeness (QED) is 0.212. The van der Waals surface area contributed by atoms with Gasteiger partial charge in [0.05, 0.1) is 5.16 Å². The lowest BCUT2D eigenvalue weighted by Gasteiger charge is -2.24. The van der Waals surface area contributed by atoms with Crippen LogP contribution in [0.4, 0.5) is 14.5 Å². The number of fused-ring (bicyclic) bond motifs is 1. The first-order valence-corrected chi connectivity index (χ1v) is 12.2. The normalized spacial score (nSPS) is 14.0. The number of hydrogen-bond donors (Lipinski definition) is 0. The van der Waals surface area contributed by atoms with E-state index in [1.807, 2.05) is 30.3 Å². The van der Waals surface area contributed by atoms with Gasteiger partial charge in [-0.1, -0.05) is 49.5 Å². The maximum atomic E-state index is 14.0. The summed E-state index contributed by atoms with van der Waals surface area (Å²) >= 11 is 4.42. The molecule has 1 atom stereocenters. The van der Waals surface area contributed by atoms with Gasteiger partial charge in [0, 0.05) is 22.3 Å². The summed E-state index contributed by atoms with van der Waals surface area (Å²) in [6, 6.07) is 14.6. The average molecular weight is 482 g/mol. The molecule has 4 heteroatoms. The Morgan fingerprint density at radius 2 is 1.57 bits per heavy atom. The van der Waals surface area contributed by atoms with E-state index in [4.69, 9.17) is 0 Å². The zero-order valence-corrected chi connectivity index (χ0v) is 20.7. The van der Waals surface area contributed by atoms with Crippen LogP contribution in [-0.2, 0) is 12.8 Å². The smallest absolute Gasteiger partial charge is 0.153 e. The van der Waals surface area contributed by atoms with Crippen LogP contribution in [0.2, 0.25) is 0 Å². The first-order valence-electron chi connectivity index (χ1n) is 11.8. The Morgan fingerprint density at radius 1 is 0.886 bits per heavy atom. The topological polar surface area (TPSA) is 12.4 Å². The number of rotatable bonds is 3. The van der Waals surface area contributed by atoms with Crippen molar-refractivity contribution in [1.29, 1.82) is 0 Å². The molecule has 3 aromatic carbocycles. The largest absolute Gasteiger partial charge is 0.204 e. The SMILES string of the molecule is CCCC1CCc2cc(C#Cc3ccc(C#Cc4cc(F)c(N=C=S)c(F)c4)c(C)c3)ccc2C1. The first kappa shape index (κ1) is 24.6. The van der Waals surface area contributed by atoms with Crippen molar-refractivity contribution >= 4 is 23.1 Å². The van der Waals surface area contributed by atoms with Gasteiger partial charge < -0.3 is 0 Å². The molecule has 0 bridgehead atoms. The van der Waals surface area contributed by atoms with Crippen LogP contribution in [0.1, 0.15) is 65.1 Å². The van der Waals surface area contributed by atoms with E-state index in [-0.39, 0.29) is 5.56 Å². The average Bonchev–Trinajstić information content (AvgIpc) is 2.84. The maximum absolute atomic E-state index is 14.0. The van der Waals surface area contributed by atoms with Gasteiger partial charge >= 0.3 is 0 Å². The van der Waals surface area contributed by atoms with Gasteiger partial charge in [0.15, 0.2) is 11.6 Å². The highest BCUT2D eigenvalue weighted by Gasteiger charge is 2.17. The molecule has 3 aromatic rings. The fourth-order valence-electron chi connectivity index (χ4n) is 4.52. The molecule has 1 unspecified atom stereocenters. The van der Waals surface area contributed by atoms with E-state index in [0.717, 1.165) is 46.7 Å². The lowest BCUT2D eigenvalue weighted by Crippen LogP contribution is -2.14. The number of halogens is 2. The van der Waals surface area contributed by atoms with Gasteiger partial charge in [-0.05, 0) is 103 Å². The molecule has 0 aromatic heterocycles. The standard InChI is InChI=1S/C31H25F2NS/c1-3-4-22-8-13-28-17-24(9-14-27(28)16-22)6-5-23-7-11-26(21(2)15-23)12-10-25-18-29(32)31(34-20-35)30(33)19-25/h7,9,11,14-15,17-19,22H,3-4,8,13,16H2,1-2H3. The molecule has 174 valence electrons. The summed E-state index contributed by atoms with van der Waals surface area (Å²) < 4.78 is 28.0. The molecule has 0 saturated heterocycles. The van der Waals surface area contributed by atoms with Gasteiger partial charge in [-0.3, -0.25) is 0 Å². The molecule has 0 saturated carbocycles.